The number of nitrogens with one attached hydrogen (secondary N) is 2. The maximum Gasteiger partial charge on any atom is 0.264 e. The predicted molar refractivity (Wildman–Crippen MR) is 84.7 cm³/mol. The lowest BCUT2D eigenvalue weighted by atomic mass is 10.1. The van der Waals surface area contributed by atoms with E-state index in [0.29, 0.717) is 17.8 Å². The Kier molecular flexibility index (Phi) is 5.06. The first-order valence-corrected chi connectivity index (χ1v) is 6.99. The summed E-state index contributed by atoms with van der Waals surface area (Å²) in [4.78, 5) is 23.0. The molecule has 6 nitrogen and oxygen atoms in total. The third-order valence-corrected chi connectivity index (χ3v) is 3.32. The molecule has 22 heavy (non-hydrogen) atoms. The largest absolute Gasteiger partial charge is 0.381 e. The number of carbonyl (C=O) groups is 1. The van der Waals surface area contributed by atoms with E-state index in [-0.39, 0.29) is 17.6 Å². The summed E-state index contributed by atoms with van der Waals surface area (Å²) in [6.45, 7) is 3.67. The van der Waals surface area contributed by atoms with E-state index >= 15 is 0 Å². The Hall–Kier alpha value is -2.47. The summed E-state index contributed by atoms with van der Waals surface area (Å²) in [5.74, 6) is -0.0968. The van der Waals surface area contributed by atoms with Crippen molar-refractivity contribution in [2.75, 3.05) is 12.4 Å². The van der Waals surface area contributed by atoms with E-state index in [1.54, 1.807) is 19.2 Å². The molecular formula is C16H19N3O3. The van der Waals surface area contributed by atoms with E-state index < -0.39 is 0 Å². The van der Waals surface area contributed by atoms with Crippen LogP contribution >= 0.6 is 0 Å². The van der Waals surface area contributed by atoms with Crippen molar-refractivity contribution in [3.8, 4) is 11.3 Å². The van der Waals surface area contributed by atoms with Gasteiger partial charge in [0.2, 0.25) is 5.91 Å². The van der Waals surface area contributed by atoms with Gasteiger partial charge >= 0.3 is 0 Å². The van der Waals surface area contributed by atoms with Crippen molar-refractivity contribution in [1.29, 1.82) is 0 Å². The zero-order chi connectivity index (χ0) is 16.1. The third kappa shape index (κ3) is 4.02. The lowest BCUT2D eigenvalue weighted by Gasteiger charge is -2.10. The number of H-pyrrole nitrogens is 1. The van der Waals surface area contributed by atoms with Gasteiger partial charge in [0.1, 0.15) is 0 Å². The molecular weight excluding hydrogens is 282 g/mol. The fourth-order valence-corrected chi connectivity index (χ4v) is 2.06. The Bertz CT molecular complexity index is 707. The molecule has 0 bridgehead atoms. The van der Waals surface area contributed by atoms with E-state index in [2.05, 4.69) is 15.5 Å². The fourth-order valence-electron chi connectivity index (χ4n) is 2.06. The molecule has 1 aromatic carbocycles. The standard InChI is InChI=1S/C16H19N3O3/c1-10-8-15(21)18-19-16(10)12-4-6-13(7-5-12)17-14(20)9-11(2)22-3/h4-8,11H,9H2,1-3H3,(H,17,20)(H,18,21). The van der Waals surface area contributed by atoms with Gasteiger partial charge in [0, 0.05) is 24.4 Å². The van der Waals surface area contributed by atoms with E-state index in [9.17, 15) is 9.59 Å². The van der Waals surface area contributed by atoms with Gasteiger partial charge in [-0.3, -0.25) is 9.59 Å². The lowest BCUT2D eigenvalue weighted by molar-refractivity contribution is -0.118. The van der Waals surface area contributed by atoms with Crippen molar-refractivity contribution >= 4 is 11.6 Å². The molecule has 2 rings (SSSR count). The minimum Gasteiger partial charge on any atom is -0.381 e. The molecule has 0 radical (unpaired) electrons. The van der Waals surface area contributed by atoms with E-state index in [0.717, 1.165) is 11.1 Å². The number of hydrogen-bond donors (Lipinski definition) is 2. The molecule has 0 spiro atoms. The molecule has 0 saturated carbocycles. The van der Waals surface area contributed by atoms with Crippen molar-refractivity contribution < 1.29 is 9.53 Å². The highest BCUT2D eigenvalue weighted by Crippen LogP contribution is 2.21. The molecule has 0 aliphatic carbocycles. The normalized spacial score (nSPS) is 12.0. The summed E-state index contributed by atoms with van der Waals surface area (Å²) in [6, 6.07) is 8.81. The number of methoxy groups -OCH3 is 1. The molecule has 2 aromatic rings. The van der Waals surface area contributed by atoms with E-state index in [1.807, 2.05) is 26.0 Å². The minimum atomic E-state index is -0.225. The number of aryl methyl sites for hydroxylation is 1. The second kappa shape index (κ2) is 7.00. The smallest absolute Gasteiger partial charge is 0.264 e. The van der Waals surface area contributed by atoms with Crippen LogP contribution in [-0.4, -0.2) is 29.3 Å². The molecule has 1 atom stereocenters. The summed E-state index contributed by atoms with van der Waals surface area (Å²) in [6.07, 6.45) is 0.186. The Morgan fingerprint density at radius 1 is 1.36 bits per heavy atom. The van der Waals surface area contributed by atoms with Crippen LogP contribution in [0.4, 0.5) is 5.69 Å². The van der Waals surface area contributed by atoms with Crippen molar-refractivity contribution in [2.45, 2.75) is 26.4 Å². The number of hydrogen-bond acceptors (Lipinski definition) is 4. The maximum atomic E-state index is 11.8. The number of carbonyl (C=O) groups excluding carboxylic acids is 1. The first-order valence-electron chi connectivity index (χ1n) is 6.99. The topological polar surface area (TPSA) is 84.1 Å². The highest BCUT2D eigenvalue weighted by Gasteiger charge is 2.09. The summed E-state index contributed by atoms with van der Waals surface area (Å²) in [7, 11) is 1.58. The molecule has 0 aliphatic heterocycles. The number of anilines is 1. The molecule has 0 aliphatic rings. The Balaban J connectivity index is 2.10. The molecule has 1 amide bonds. The molecule has 0 fully saturated rings. The van der Waals surface area contributed by atoms with Gasteiger partial charge < -0.3 is 10.1 Å². The van der Waals surface area contributed by atoms with Crippen LogP contribution in [0.1, 0.15) is 18.9 Å². The first kappa shape index (κ1) is 15.9. The predicted octanol–water partition coefficient (Wildman–Crippen LogP) is 2.11. The molecule has 1 heterocycles. The van der Waals surface area contributed by atoms with E-state index in [4.69, 9.17) is 4.74 Å². The summed E-state index contributed by atoms with van der Waals surface area (Å²) in [5.41, 5.74) is 2.87. The lowest BCUT2D eigenvalue weighted by Crippen LogP contribution is -2.18. The molecule has 6 heteroatoms. The highest BCUT2D eigenvalue weighted by atomic mass is 16.5. The Morgan fingerprint density at radius 2 is 2.05 bits per heavy atom. The van der Waals surface area contributed by atoms with Crippen molar-refractivity contribution in [3.63, 3.8) is 0 Å². The average Bonchev–Trinajstić information content (AvgIpc) is 2.48. The van der Waals surface area contributed by atoms with Crippen molar-refractivity contribution in [1.82, 2.24) is 10.2 Å². The van der Waals surface area contributed by atoms with Gasteiger partial charge in [-0.2, -0.15) is 5.10 Å². The SMILES string of the molecule is COC(C)CC(=O)Nc1ccc(-c2n[nH]c(=O)cc2C)cc1. The second-order valence-electron chi connectivity index (χ2n) is 5.14. The molecule has 2 N–H and O–H groups in total. The number of aromatic amines is 1. The number of rotatable bonds is 5. The monoisotopic (exact) mass is 301 g/mol. The molecule has 0 saturated heterocycles. The zero-order valence-corrected chi connectivity index (χ0v) is 12.8. The zero-order valence-electron chi connectivity index (χ0n) is 12.8. The Morgan fingerprint density at radius 3 is 2.64 bits per heavy atom. The fraction of sp³-hybridized carbons (Fsp3) is 0.312. The number of nitrogens with zero attached hydrogens (tertiary/aromatic N) is 1. The summed E-state index contributed by atoms with van der Waals surface area (Å²) < 4.78 is 5.06. The number of ether oxygens (including phenoxy) is 1. The maximum absolute atomic E-state index is 11.8. The summed E-state index contributed by atoms with van der Waals surface area (Å²) >= 11 is 0. The van der Waals surface area contributed by atoms with E-state index in [1.165, 1.54) is 6.07 Å². The van der Waals surface area contributed by atoms with Gasteiger partial charge in [-0.15, -0.1) is 0 Å². The van der Waals surface area contributed by atoms with Crippen LogP contribution in [0.25, 0.3) is 11.3 Å². The van der Waals surface area contributed by atoms with Crippen LogP contribution in [0.3, 0.4) is 0 Å². The van der Waals surface area contributed by atoms with Gasteiger partial charge in [0.15, 0.2) is 0 Å². The van der Waals surface area contributed by atoms with Gasteiger partial charge in [-0.05, 0) is 31.5 Å². The van der Waals surface area contributed by atoms with Crippen molar-refractivity contribution in [3.05, 3.63) is 46.2 Å². The number of benzene rings is 1. The van der Waals surface area contributed by atoms with Gasteiger partial charge in [-0.25, -0.2) is 5.10 Å². The minimum absolute atomic E-state index is 0.0968. The van der Waals surface area contributed by atoms with Crippen LogP contribution in [0.2, 0.25) is 0 Å². The van der Waals surface area contributed by atoms with Crippen LogP contribution in [0.15, 0.2) is 35.1 Å². The third-order valence-electron chi connectivity index (χ3n) is 3.32. The van der Waals surface area contributed by atoms with Crippen LogP contribution < -0.4 is 10.9 Å². The van der Waals surface area contributed by atoms with Gasteiger partial charge in [0.05, 0.1) is 18.2 Å². The van der Waals surface area contributed by atoms with Crippen LogP contribution in [-0.2, 0) is 9.53 Å². The average molecular weight is 301 g/mol. The number of amides is 1. The van der Waals surface area contributed by atoms with Gasteiger partial charge in [0.25, 0.3) is 5.56 Å². The van der Waals surface area contributed by atoms with Gasteiger partial charge in [-0.1, -0.05) is 12.1 Å². The first-order chi connectivity index (χ1) is 10.5. The number of aromatic nitrogens is 2. The van der Waals surface area contributed by atoms with Crippen LogP contribution in [0, 0.1) is 6.92 Å². The molecule has 1 unspecified atom stereocenters. The second-order valence-corrected chi connectivity index (χ2v) is 5.14. The Labute approximate surface area is 128 Å². The quantitative estimate of drug-likeness (QED) is 0.886. The van der Waals surface area contributed by atoms with Crippen LogP contribution in [0.5, 0.6) is 0 Å². The summed E-state index contributed by atoms with van der Waals surface area (Å²) in [5, 5.41) is 9.28. The van der Waals surface area contributed by atoms with Crippen molar-refractivity contribution in [2.24, 2.45) is 0 Å². The molecule has 1 aromatic heterocycles. The molecule has 116 valence electrons. The highest BCUT2D eigenvalue weighted by molar-refractivity contribution is 5.91.